The van der Waals surface area contributed by atoms with Crippen LogP contribution in [-0.4, -0.2) is 22.5 Å². The summed E-state index contributed by atoms with van der Waals surface area (Å²) in [6.45, 7) is -0.0551. The van der Waals surface area contributed by atoms with Crippen molar-refractivity contribution in [2.24, 2.45) is 0 Å². The van der Waals surface area contributed by atoms with E-state index in [-0.39, 0.29) is 22.1 Å². The molecule has 2 aromatic rings. The van der Waals surface area contributed by atoms with Crippen LogP contribution < -0.4 is 5.32 Å². The van der Waals surface area contributed by atoms with Crippen molar-refractivity contribution < 1.29 is 14.8 Å². The molecule has 1 aromatic heterocycles. The van der Waals surface area contributed by atoms with Gasteiger partial charge in [-0.2, -0.15) is 0 Å². The first kappa shape index (κ1) is 16.7. The van der Waals surface area contributed by atoms with Gasteiger partial charge < -0.3 is 10.4 Å². The second-order valence-electron chi connectivity index (χ2n) is 4.31. The highest BCUT2D eigenvalue weighted by Crippen LogP contribution is 2.31. The number of rotatable bonds is 5. The maximum absolute atomic E-state index is 11.9. The summed E-state index contributed by atoms with van der Waals surface area (Å²) in [7, 11) is 0. The molecule has 0 aliphatic rings. The van der Waals surface area contributed by atoms with Gasteiger partial charge in [-0.3, -0.25) is 14.9 Å². The summed E-state index contributed by atoms with van der Waals surface area (Å²) in [5, 5.41) is 23.1. The molecular formula is C13H10Cl2N2O4S. The topological polar surface area (TPSA) is 92.5 Å². The summed E-state index contributed by atoms with van der Waals surface area (Å²) in [4.78, 5) is 21.9. The summed E-state index contributed by atoms with van der Waals surface area (Å²) in [6.07, 6.45) is -0.988. The molecule has 1 atom stereocenters. The number of nitrogens with one attached hydrogen (secondary N) is 1. The molecule has 0 saturated carbocycles. The first-order chi connectivity index (χ1) is 10.4. The van der Waals surface area contributed by atoms with E-state index in [1.807, 2.05) is 0 Å². The van der Waals surface area contributed by atoms with Crippen molar-refractivity contribution in [3.05, 3.63) is 60.2 Å². The number of non-ortho nitro benzene ring substituents is 1. The van der Waals surface area contributed by atoms with E-state index in [2.05, 4.69) is 5.32 Å². The molecule has 0 bridgehead atoms. The van der Waals surface area contributed by atoms with Crippen LogP contribution in [0.3, 0.4) is 0 Å². The second-order valence-corrected chi connectivity index (χ2v) is 6.60. The number of benzene rings is 1. The number of hydrogen-bond donors (Lipinski definition) is 2. The van der Waals surface area contributed by atoms with Crippen molar-refractivity contribution in [3.8, 4) is 0 Å². The quantitative estimate of drug-likeness (QED) is 0.630. The van der Waals surface area contributed by atoms with Gasteiger partial charge in [-0.05, 0) is 23.8 Å². The van der Waals surface area contributed by atoms with Gasteiger partial charge in [0.2, 0.25) is 0 Å². The predicted molar refractivity (Wildman–Crippen MR) is 84.7 cm³/mol. The Bertz CT molecular complexity index is 703. The minimum Gasteiger partial charge on any atom is -0.387 e. The predicted octanol–water partition coefficient (Wildman–Crippen LogP) is 3.43. The van der Waals surface area contributed by atoms with E-state index in [9.17, 15) is 20.0 Å². The largest absolute Gasteiger partial charge is 0.387 e. The number of aliphatic hydroxyl groups is 1. The molecule has 1 heterocycles. The Labute approximate surface area is 139 Å². The van der Waals surface area contributed by atoms with Gasteiger partial charge >= 0.3 is 0 Å². The van der Waals surface area contributed by atoms with Crippen molar-refractivity contribution in [1.82, 2.24) is 5.32 Å². The summed E-state index contributed by atoms with van der Waals surface area (Å²) >= 11 is 12.7. The molecule has 1 aromatic carbocycles. The minimum atomic E-state index is -0.988. The van der Waals surface area contributed by atoms with Gasteiger partial charge in [-0.1, -0.05) is 23.2 Å². The maximum atomic E-state index is 11.9. The Hall–Kier alpha value is -1.67. The van der Waals surface area contributed by atoms with Crippen LogP contribution in [0.15, 0.2) is 30.3 Å². The third-order valence-electron chi connectivity index (χ3n) is 2.85. The molecular weight excluding hydrogens is 351 g/mol. The van der Waals surface area contributed by atoms with Gasteiger partial charge in [-0.15, -0.1) is 11.3 Å². The second kappa shape index (κ2) is 7.06. The Morgan fingerprint density at radius 3 is 2.50 bits per heavy atom. The standard InChI is InChI=1S/C13H10Cl2N2O4S/c14-11-5-9(12(15)22-11)13(19)16-6-10(18)7-1-3-8(4-2-7)17(20)21/h1-5,10,18H,6H2,(H,16,19)/t10-/m0/s1. The molecule has 22 heavy (non-hydrogen) atoms. The van der Waals surface area contributed by atoms with E-state index in [4.69, 9.17) is 23.2 Å². The molecule has 2 N–H and O–H groups in total. The van der Waals surface area contributed by atoms with Crippen molar-refractivity contribution in [3.63, 3.8) is 0 Å². The molecule has 0 radical (unpaired) electrons. The summed E-state index contributed by atoms with van der Waals surface area (Å²) in [5.41, 5.74) is 0.632. The number of nitrogens with zero attached hydrogens (tertiary/aromatic N) is 1. The average molecular weight is 361 g/mol. The normalized spacial score (nSPS) is 12.0. The van der Waals surface area contributed by atoms with Crippen LogP contribution in [0.4, 0.5) is 5.69 Å². The fourth-order valence-electron chi connectivity index (χ4n) is 1.72. The molecule has 6 nitrogen and oxygen atoms in total. The number of carbonyl (C=O) groups excluding carboxylic acids is 1. The van der Waals surface area contributed by atoms with Gasteiger partial charge in [0.1, 0.15) is 4.34 Å². The number of carbonyl (C=O) groups is 1. The van der Waals surface area contributed by atoms with E-state index in [1.54, 1.807) is 0 Å². The van der Waals surface area contributed by atoms with Gasteiger partial charge in [0.15, 0.2) is 0 Å². The molecule has 2 rings (SSSR count). The Balaban J connectivity index is 1.97. The van der Waals surface area contributed by atoms with E-state index in [1.165, 1.54) is 30.3 Å². The lowest BCUT2D eigenvalue weighted by Crippen LogP contribution is -2.28. The average Bonchev–Trinajstić information content (AvgIpc) is 2.83. The van der Waals surface area contributed by atoms with Crippen LogP contribution in [0.25, 0.3) is 0 Å². The van der Waals surface area contributed by atoms with Crippen LogP contribution in [0.1, 0.15) is 22.0 Å². The Morgan fingerprint density at radius 1 is 1.36 bits per heavy atom. The molecule has 0 aliphatic carbocycles. The van der Waals surface area contributed by atoms with Crippen LogP contribution >= 0.6 is 34.5 Å². The fourth-order valence-corrected chi connectivity index (χ4v) is 3.17. The van der Waals surface area contributed by atoms with Crippen LogP contribution in [0.5, 0.6) is 0 Å². The summed E-state index contributed by atoms with van der Waals surface area (Å²) in [6, 6.07) is 6.89. The third kappa shape index (κ3) is 3.95. The highest BCUT2D eigenvalue weighted by Gasteiger charge is 2.16. The zero-order valence-corrected chi connectivity index (χ0v) is 13.3. The smallest absolute Gasteiger partial charge is 0.269 e. The minimum absolute atomic E-state index is 0.0551. The highest BCUT2D eigenvalue weighted by atomic mass is 35.5. The van der Waals surface area contributed by atoms with Gasteiger partial charge in [0.25, 0.3) is 11.6 Å². The summed E-state index contributed by atoms with van der Waals surface area (Å²) < 4.78 is 0.665. The molecule has 0 saturated heterocycles. The molecule has 116 valence electrons. The lowest BCUT2D eigenvalue weighted by atomic mass is 10.1. The van der Waals surface area contributed by atoms with Gasteiger partial charge in [-0.25, -0.2) is 0 Å². The monoisotopic (exact) mass is 360 g/mol. The number of aliphatic hydroxyl groups excluding tert-OH is 1. The van der Waals surface area contributed by atoms with Crippen LogP contribution in [0.2, 0.25) is 8.67 Å². The number of amides is 1. The number of nitro groups is 1. The molecule has 1 amide bonds. The number of halogens is 2. The van der Waals surface area contributed by atoms with Crippen LogP contribution in [0, 0.1) is 10.1 Å². The zero-order chi connectivity index (χ0) is 16.3. The third-order valence-corrected chi connectivity index (χ3v) is 4.33. The lowest BCUT2D eigenvalue weighted by molar-refractivity contribution is -0.384. The van der Waals surface area contributed by atoms with E-state index in [0.717, 1.165) is 11.3 Å². The molecule has 0 unspecified atom stereocenters. The van der Waals surface area contributed by atoms with Crippen molar-refractivity contribution in [1.29, 1.82) is 0 Å². The fraction of sp³-hybridized carbons (Fsp3) is 0.154. The first-order valence-corrected chi connectivity index (χ1v) is 7.61. The molecule has 0 spiro atoms. The number of nitro benzene ring substituents is 1. The molecule has 9 heteroatoms. The highest BCUT2D eigenvalue weighted by molar-refractivity contribution is 7.20. The number of thiophene rings is 1. The lowest BCUT2D eigenvalue weighted by Gasteiger charge is -2.12. The Morgan fingerprint density at radius 2 is 2.00 bits per heavy atom. The summed E-state index contributed by atoms with van der Waals surface area (Å²) in [5.74, 6) is -0.450. The van der Waals surface area contributed by atoms with Gasteiger partial charge in [0.05, 0.1) is 20.9 Å². The van der Waals surface area contributed by atoms with E-state index >= 15 is 0 Å². The van der Waals surface area contributed by atoms with Crippen molar-refractivity contribution in [2.75, 3.05) is 6.54 Å². The van der Waals surface area contributed by atoms with Crippen molar-refractivity contribution in [2.45, 2.75) is 6.10 Å². The molecule has 0 fully saturated rings. The van der Waals surface area contributed by atoms with Gasteiger partial charge in [0, 0.05) is 18.7 Å². The van der Waals surface area contributed by atoms with E-state index in [0.29, 0.717) is 9.90 Å². The van der Waals surface area contributed by atoms with Crippen LogP contribution in [-0.2, 0) is 0 Å². The Kier molecular flexibility index (Phi) is 5.36. The maximum Gasteiger partial charge on any atom is 0.269 e. The van der Waals surface area contributed by atoms with Crippen molar-refractivity contribution >= 4 is 46.1 Å². The zero-order valence-electron chi connectivity index (χ0n) is 11.0. The SMILES string of the molecule is O=C(NC[C@H](O)c1ccc([N+](=O)[O-])cc1)c1cc(Cl)sc1Cl. The first-order valence-electron chi connectivity index (χ1n) is 6.04. The number of hydrogen-bond acceptors (Lipinski definition) is 5. The molecule has 0 aliphatic heterocycles. The van der Waals surface area contributed by atoms with E-state index < -0.39 is 16.9 Å².